The van der Waals surface area contributed by atoms with Crippen molar-refractivity contribution in [3.05, 3.63) is 116 Å². The third kappa shape index (κ3) is 6.27. The fourth-order valence-electron chi connectivity index (χ4n) is 13.8. The van der Waals surface area contributed by atoms with Gasteiger partial charge in [-0.15, -0.1) is 0 Å². The van der Waals surface area contributed by atoms with Crippen LogP contribution in [0.1, 0.15) is 194 Å². The Bertz CT molecular complexity index is 3000. The second-order valence-electron chi connectivity index (χ2n) is 27.1. The number of anilines is 5. The lowest BCUT2D eigenvalue weighted by Gasteiger charge is -2.48. The molecule has 0 radical (unpaired) electrons. The average molecular weight is 877 g/mol. The van der Waals surface area contributed by atoms with Gasteiger partial charge in [0.15, 0.2) is 0 Å². The van der Waals surface area contributed by atoms with Crippen LogP contribution >= 0.6 is 0 Å². The Hall–Kier alpha value is -4.44. The van der Waals surface area contributed by atoms with Crippen LogP contribution in [-0.2, 0) is 27.1 Å². The number of fused-ring (bicyclic) bond motifs is 8. The first-order chi connectivity index (χ1) is 30.6. The van der Waals surface area contributed by atoms with Crippen LogP contribution in [-0.4, -0.2) is 6.71 Å². The van der Waals surface area contributed by atoms with Gasteiger partial charge in [-0.05, 0) is 201 Å². The number of furan rings is 1. The summed E-state index contributed by atoms with van der Waals surface area (Å²) in [5.74, 6) is 1.01. The molecule has 0 saturated heterocycles. The van der Waals surface area contributed by atoms with E-state index in [1.54, 1.807) is 11.1 Å². The van der Waals surface area contributed by atoms with E-state index in [0.717, 1.165) is 24.3 Å². The van der Waals surface area contributed by atoms with Crippen molar-refractivity contribution in [2.75, 3.05) is 9.80 Å². The summed E-state index contributed by atoms with van der Waals surface area (Å²) in [6.45, 7) is 41.6. The molecule has 0 amide bonds. The average Bonchev–Trinajstić information content (AvgIpc) is 3.61. The maximum absolute atomic E-state index is 7.44. The van der Waals surface area contributed by atoms with Gasteiger partial charge in [0, 0.05) is 39.3 Å². The van der Waals surface area contributed by atoms with E-state index in [1.165, 1.54) is 128 Å². The molecule has 5 aromatic rings. The molecule has 11 rings (SSSR count). The normalized spacial score (nSPS) is 22.5. The van der Waals surface area contributed by atoms with Crippen molar-refractivity contribution in [1.82, 2.24) is 0 Å². The van der Waals surface area contributed by atoms with Crippen molar-refractivity contribution in [3.63, 3.8) is 0 Å². The second-order valence-corrected chi connectivity index (χ2v) is 27.1. The molecule has 0 bridgehead atoms. The Labute approximate surface area is 398 Å². The van der Waals surface area contributed by atoms with Crippen LogP contribution in [0.4, 0.5) is 28.6 Å². The van der Waals surface area contributed by atoms with Crippen molar-refractivity contribution in [1.29, 1.82) is 0 Å². The van der Waals surface area contributed by atoms with Crippen LogP contribution in [0, 0.1) is 24.7 Å². The molecule has 0 spiro atoms. The third-order valence-electron chi connectivity index (χ3n) is 18.6. The monoisotopic (exact) mass is 877 g/mol. The fraction of sp³-hybridized carbons (Fsp3) is 0.516. The highest BCUT2D eigenvalue weighted by Crippen LogP contribution is 2.57. The quantitative estimate of drug-likeness (QED) is 0.162. The van der Waals surface area contributed by atoms with E-state index < -0.39 is 0 Å². The Morgan fingerprint density at radius 2 is 1.06 bits per heavy atom. The lowest BCUT2D eigenvalue weighted by Crippen LogP contribution is -2.62. The summed E-state index contributed by atoms with van der Waals surface area (Å²) in [6.07, 6.45) is 11.9. The molecule has 4 aromatic carbocycles. The van der Waals surface area contributed by atoms with Crippen LogP contribution in [0.25, 0.3) is 11.0 Å². The molecule has 2 aliphatic heterocycles. The molecule has 344 valence electrons. The first-order valence-electron chi connectivity index (χ1n) is 25.7. The van der Waals surface area contributed by atoms with Crippen molar-refractivity contribution < 1.29 is 4.42 Å². The standard InChI is InChI=1S/C62H77BN2O/c1-36-28-50-54-51(29-36)65(48-34-45-42(30-37(48)2)58(8,9)24-26-61(45,14)15)49-35-46-44(60(12,13)25-27-62(46,16)17)33-47(49)63(54)53-40-31-38(56(3,4)5)18-21-52(40)66-55(53)64(50)39-19-20-41-43(32-39)59(10,11)23-22-57(41,6)7/h18,21,28-35H,19-20,22-27H2,1-17H3. The Kier molecular flexibility index (Phi) is 9.11. The Morgan fingerprint density at radius 3 is 1.67 bits per heavy atom. The molecule has 0 atom stereocenters. The van der Waals surface area contributed by atoms with Crippen LogP contribution in [0.2, 0.25) is 0 Å². The van der Waals surface area contributed by atoms with E-state index in [-0.39, 0.29) is 44.6 Å². The van der Waals surface area contributed by atoms with Crippen molar-refractivity contribution in [2.45, 2.75) is 196 Å². The summed E-state index contributed by atoms with van der Waals surface area (Å²) < 4.78 is 7.44. The zero-order valence-corrected chi connectivity index (χ0v) is 43.8. The molecule has 0 saturated carbocycles. The molecule has 3 nitrogen and oxygen atoms in total. The van der Waals surface area contributed by atoms with Crippen molar-refractivity contribution >= 4 is 62.7 Å². The van der Waals surface area contributed by atoms with E-state index in [4.69, 9.17) is 4.42 Å². The van der Waals surface area contributed by atoms with Gasteiger partial charge >= 0.3 is 0 Å². The van der Waals surface area contributed by atoms with Crippen LogP contribution < -0.4 is 26.2 Å². The lowest BCUT2D eigenvalue weighted by molar-refractivity contribution is 0.257. The number of nitrogens with zero attached hydrogens (tertiary/aromatic N) is 2. The summed E-state index contributed by atoms with van der Waals surface area (Å²) in [6, 6.07) is 22.7. The fourth-order valence-corrected chi connectivity index (χ4v) is 13.8. The molecule has 6 aliphatic rings. The molecular weight excluding hydrogens is 800 g/mol. The zero-order valence-electron chi connectivity index (χ0n) is 43.8. The second kappa shape index (κ2) is 13.6. The predicted molar refractivity (Wildman–Crippen MR) is 284 cm³/mol. The van der Waals surface area contributed by atoms with Gasteiger partial charge in [-0.2, -0.15) is 0 Å². The first-order valence-corrected chi connectivity index (χ1v) is 25.7. The minimum Gasteiger partial charge on any atom is -0.440 e. The van der Waals surface area contributed by atoms with Crippen molar-refractivity contribution in [3.8, 4) is 0 Å². The Morgan fingerprint density at radius 1 is 0.530 bits per heavy atom. The minimum atomic E-state index is -0.0106. The van der Waals surface area contributed by atoms with Crippen LogP contribution in [0.15, 0.2) is 81.9 Å². The van der Waals surface area contributed by atoms with E-state index in [1.807, 2.05) is 0 Å². The zero-order chi connectivity index (χ0) is 47.2. The van der Waals surface area contributed by atoms with E-state index in [2.05, 4.69) is 188 Å². The largest absolute Gasteiger partial charge is 0.440 e. The first kappa shape index (κ1) is 44.1. The number of aryl methyl sites for hydroxylation is 2. The number of hydrogen-bond donors (Lipinski definition) is 0. The summed E-state index contributed by atoms with van der Waals surface area (Å²) in [5, 5.41) is 1.26. The van der Waals surface area contributed by atoms with Gasteiger partial charge in [-0.25, -0.2) is 0 Å². The highest BCUT2D eigenvalue weighted by molar-refractivity contribution is 7.01. The summed E-state index contributed by atoms with van der Waals surface area (Å²) in [4.78, 5) is 5.37. The van der Waals surface area contributed by atoms with Gasteiger partial charge in [0.25, 0.3) is 6.71 Å². The lowest BCUT2D eigenvalue weighted by atomic mass is 9.33. The molecule has 3 heterocycles. The molecule has 4 aliphatic carbocycles. The molecule has 1 aromatic heterocycles. The van der Waals surface area contributed by atoms with Gasteiger partial charge in [0.1, 0.15) is 5.58 Å². The predicted octanol–water partition coefficient (Wildman–Crippen LogP) is 15.6. The highest BCUT2D eigenvalue weighted by atomic mass is 16.4. The number of allylic oxidation sites excluding steroid dienone is 4. The number of hydrogen-bond acceptors (Lipinski definition) is 3. The molecule has 0 unspecified atom stereocenters. The molecule has 0 fully saturated rings. The van der Waals surface area contributed by atoms with Crippen LogP contribution in [0.5, 0.6) is 0 Å². The van der Waals surface area contributed by atoms with Gasteiger partial charge in [0.05, 0.1) is 0 Å². The topological polar surface area (TPSA) is 19.6 Å². The summed E-state index contributed by atoms with van der Waals surface area (Å²) in [5.41, 5.74) is 25.6. The SMILES string of the molecule is Cc1cc2c3c(c1)N(c1cc4c(cc1C)C(C)(C)CCC4(C)C)c1cc4c(cc1B3c1c(oc3ccc(C(C)(C)C)cc13)N2C1=CC2=C(CC1)C(C)(C)CCC2(C)C)C(C)(C)CCC4(C)C. The van der Waals surface area contributed by atoms with E-state index in [9.17, 15) is 0 Å². The van der Waals surface area contributed by atoms with E-state index in [0.29, 0.717) is 0 Å². The van der Waals surface area contributed by atoms with Gasteiger partial charge in [-0.3, -0.25) is 4.90 Å². The van der Waals surface area contributed by atoms with Crippen molar-refractivity contribution in [2.24, 2.45) is 10.8 Å². The molecule has 4 heteroatoms. The van der Waals surface area contributed by atoms with Crippen LogP contribution in [0.3, 0.4) is 0 Å². The van der Waals surface area contributed by atoms with E-state index >= 15 is 0 Å². The summed E-state index contributed by atoms with van der Waals surface area (Å²) >= 11 is 0. The Balaban J connectivity index is 1.28. The smallest absolute Gasteiger partial charge is 0.257 e. The molecular formula is C62H77BN2O. The highest BCUT2D eigenvalue weighted by Gasteiger charge is 2.50. The summed E-state index contributed by atoms with van der Waals surface area (Å²) in [7, 11) is 0. The van der Waals surface area contributed by atoms with Gasteiger partial charge in [0.2, 0.25) is 5.88 Å². The third-order valence-corrected chi connectivity index (χ3v) is 18.6. The minimum absolute atomic E-state index is 0.00645. The molecule has 66 heavy (non-hydrogen) atoms. The molecule has 0 N–H and O–H groups in total. The van der Waals surface area contributed by atoms with Gasteiger partial charge in [-0.1, -0.05) is 128 Å². The number of benzene rings is 4. The number of rotatable bonds is 2. The van der Waals surface area contributed by atoms with Gasteiger partial charge < -0.3 is 9.32 Å². The maximum Gasteiger partial charge on any atom is 0.257 e. The maximum atomic E-state index is 7.44.